The molecule has 0 heterocycles. The number of carbonyl (C=O) groups is 1. The lowest BCUT2D eigenvalue weighted by Crippen LogP contribution is -2.37. The highest BCUT2D eigenvalue weighted by Gasteiger charge is 2.26. The summed E-state index contributed by atoms with van der Waals surface area (Å²) in [6, 6.07) is 0. The first-order valence-corrected chi connectivity index (χ1v) is 28.0. The third-order valence-electron chi connectivity index (χ3n) is 11.3. The molecule has 2 unspecified atom stereocenters. The van der Waals surface area contributed by atoms with E-state index >= 15 is 0 Å². The second-order valence-electron chi connectivity index (χ2n) is 18.9. The molecule has 0 aromatic heterocycles. The maximum absolute atomic E-state index is 12.8. The van der Waals surface area contributed by atoms with Gasteiger partial charge in [-0.1, -0.05) is 203 Å². The Balaban J connectivity index is 4.11. The predicted molar refractivity (Wildman–Crippen MR) is 275 cm³/mol. The topological polar surface area (TPSA) is 91.3 Å². The summed E-state index contributed by atoms with van der Waals surface area (Å²) >= 11 is 0. The Morgan fingerprint density at radius 2 is 0.906 bits per heavy atom. The number of nitrogens with zero attached hydrogens (tertiary/aromatic N) is 1. The summed E-state index contributed by atoms with van der Waals surface area (Å²) < 4.78 is 35.2. The number of rotatable bonds is 49. The fraction of sp³-hybridized carbons (Fsp3) is 0.800. The second kappa shape index (κ2) is 47.7. The van der Waals surface area contributed by atoms with Crippen LogP contribution in [0.3, 0.4) is 0 Å². The molecule has 0 aliphatic rings. The molecule has 0 aromatic rings. The highest BCUT2D eigenvalue weighted by Crippen LogP contribution is 2.43. The van der Waals surface area contributed by atoms with Gasteiger partial charge in [0.15, 0.2) is 0 Å². The van der Waals surface area contributed by atoms with Crippen LogP contribution < -0.4 is 0 Å². The molecule has 0 radical (unpaired) electrons. The molecule has 0 aliphatic carbocycles. The first-order valence-electron chi connectivity index (χ1n) is 26.5. The maximum atomic E-state index is 12.8. The number of esters is 1. The van der Waals surface area contributed by atoms with E-state index in [1.807, 2.05) is 21.1 Å². The minimum absolute atomic E-state index is 0.0858. The molecule has 0 fully saturated rings. The van der Waals surface area contributed by atoms with Gasteiger partial charge in [0, 0.05) is 13.0 Å². The number of ether oxygens (including phenoxy) is 2. The van der Waals surface area contributed by atoms with Gasteiger partial charge >= 0.3 is 13.8 Å². The van der Waals surface area contributed by atoms with E-state index in [1.165, 1.54) is 148 Å². The molecule has 0 saturated heterocycles. The number of quaternary nitrogens is 1. The smallest absolute Gasteiger partial charge is 0.457 e. The van der Waals surface area contributed by atoms with E-state index in [-0.39, 0.29) is 25.8 Å². The van der Waals surface area contributed by atoms with Crippen LogP contribution in [0.5, 0.6) is 0 Å². The molecule has 0 rings (SSSR count). The van der Waals surface area contributed by atoms with Crippen molar-refractivity contribution >= 4 is 13.8 Å². The van der Waals surface area contributed by atoms with E-state index in [0.29, 0.717) is 24.1 Å². The predicted octanol–water partition coefficient (Wildman–Crippen LogP) is 16.4. The summed E-state index contributed by atoms with van der Waals surface area (Å²) in [4.78, 5) is 23.0. The van der Waals surface area contributed by atoms with Crippen molar-refractivity contribution in [3.8, 4) is 0 Å². The first kappa shape index (κ1) is 62.2. The normalized spacial score (nSPS) is 14.0. The summed E-state index contributed by atoms with van der Waals surface area (Å²) in [5.41, 5.74) is 0. The van der Waals surface area contributed by atoms with Gasteiger partial charge in [0.25, 0.3) is 0 Å². The van der Waals surface area contributed by atoms with E-state index in [4.69, 9.17) is 18.5 Å². The first-order chi connectivity index (χ1) is 31.1. The van der Waals surface area contributed by atoms with E-state index in [1.54, 1.807) is 0 Å². The largest absolute Gasteiger partial charge is 0.472 e. The average Bonchev–Trinajstić information content (AvgIpc) is 3.25. The zero-order chi connectivity index (χ0) is 46.9. The highest BCUT2D eigenvalue weighted by molar-refractivity contribution is 7.47. The molecule has 0 amide bonds. The van der Waals surface area contributed by atoms with Crippen molar-refractivity contribution in [3.05, 3.63) is 60.8 Å². The third-order valence-corrected chi connectivity index (χ3v) is 12.3. The van der Waals surface area contributed by atoms with Crippen molar-refractivity contribution in [3.63, 3.8) is 0 Å². The molecule has 0 aromatic carbocycles. The van der Waals surface area contributed by atoms with Gasteiger partial charge in [-0.3, -0.25) is 13.8 Å². The van der Waals surface area contributed by atoms with Crippen molar-refractivity contribution in [2.75, 3.05) is 54.1 Å². The number of hydrogen-bond acceptors (Lipinski definition) is 6. The fourth-order valence-electron chi connectivity index (χ4n) is 7.25. The van der Waals surface area contributed by atoms with Crippen LogP contribution in [0.25, 0.3) is 0 Å². The Morgan fingerprint density at radius 1 is 0.500 bits per heavy atom. The fourth-order valence-corrected chi connectivity index (χ4v) is 7.99. The Hall–Kier alpha value is -1.80. The molecule has 2 atom stereocenters. The van der Waals surface area contributed by atoms with Crippen LogP contribution in [0.1, 0.15) is 226 Å². The van der Waals surface area contributed by atoms with E-state index < -0.39 is 13.9 Å². The number of phosphoric acid groups is 1. The number of hydrogen-bond donors (Lipinski definition) is 1. The molecule has 0 spiro atoms. The summed E-state index contributed by atoms with van der Waals surface area (Å²) in [5.74, 6) is -0.318. The van der Waals surface area contributed by atoms with Crippen molar-refractivity contribution < 1.29 is 37.3 Å². The molecule has 1 N–H and O–H groups in total. The SMILES string of the molecule is CC/C=C\C/C=C\C/C=C\C/C=C\CCCCCCCCCCCCCCC(=O)OC(COCCCCCCCC/C=C\CCCCCCCCC)COP(=O)(O)OCC[N+](C)(C)C. The van der Waals surface area contributed by atoms with Crippen LogP contribution in [0.15, 0.2) is 60.8 Å². The lowest BCUT2D eigenvalue weighted by atomic mass is 10.0. The zero-order valence-electron chi connectivity index (χ0n) is 42.5. The number of carbonyl (C=O) groups excluding carboxylic acids is 1. The molecule has 0 saturated carbocycles. The summed E-state index contributed by atoms with van der Waals surface area (Å²) in [7, 11) is 1.66. The van der Waals surface area contributed by atoms with E-state index in [0.717, 1.165) is 57.8 Å². The standard InChI is InChI=1S/C55H102NO7P/c1-6-8-10-12-14-16-18-20-22-24-25-26-27-28-29-30-31-32-34-36-38-40-42-44-46-48-55(57)63-54(53-62-64(58,59)61-51-49-56(3,4)5)52-60-50-47-45-43-41-39-37-35-33-23-21-19-17-15-13-11-9-7-2/h8,10,14,16,20,22-23,25-26,33,54H,6-7,9,11-13,15,17-19,21,24,27-32,34-53H2,1-5H3/p+1/b10-8-,16-14-,22-20-,26-25-,33-23-. The van der Waals surface area contributed by atoms with Gasteiger partial charge in [-0.2, -0.15) is 0 Å². The molecule has 0 bridgehead atoms. The van der Waals surface area contributed by atoms with Gasteiger partial charge in [0.1, 0.15) is 19.3 Å². The van der Waals surface area contributed by atoms with Gasteiger partial charge < -0.3 is 18.9 Å². The van der Waals surface area contributed by atoms with Crippen LogP contribution in [-0.2, 0) is 27.9 Å². The van der Waals surface area contributed by atoms with Crippen LogP contribution in [-0.4, -0.2) is 75.6 Å². The minimum atomic E-state index is -4.28. The molecule has 0 aliphatic heterocycles. The number of unbranched alkanes of at least 4 members (excludes halogenated alkanes) is 25. The Labute approximate surface area is 396 Å². The summed E-state index contributed by atoms with van der Waals surface area (Å²) in [5, 5.41) is 0. The Bertz CT molecular complexity index is 1210. The molecule has 64 heavy (non-hydrogen) atoms. The molecule has 8 nitrogen and oxygen atoms in total. The van der Waals surface area contributed by atoms with Gasteiger partial charge in [-0.05, 0) is 77.0 Å². The summed E-state index contributed by atoms with van der Waals surface area (Å²) in [6.45, 7) is 5.51. The second-order valence-corrected chi connectivity index (χ2v) is 20.3. The third kappa shape index (κ3) is 51.2. The maximum Gasteiger partial charge on any atom is 0.472 e. The highest BCUT2D eigenvalue weighted by atomic mass is 31.2. The quantitative estimate of drug-likeness (QED) is 0.0214. The van der Waals surface area contributed by atoms with Crippen LogP contribution >= 0.6 is 7.82 Å². The van der Waals surface area contributed by atoms with Gasteiger partial charge in [0.05, 0.1) is 34.4 Å². The molecule has 9 heteroatoms. The molecular formula is C55H103NO7P+. The van der Waals surface area contributed by atoms with Crippen molar-refractivity contribution in [2.45, 2.75) is 232 Å². The number of phosphoric ester groups is 1. The number of allylic oxidation sites excluding steroid dienone is 10. The van der Waals surface area contributed by atoms with Gasteiger partial charge in [-0.25, -0.2) is 4.57 Å². The van der Waals surface area contributed by atoms with Crippen molar-refractivity contribution in [1.29, 1.82) is 0 Å². The lowest BCUT2D eigenvalue weighted by Gasteiger charge is -2.24. The zero-order valence-corrected chi connectivity index (χ0v) is 43.4. The van der Waals surface area contributed by atoms with Gasteiger partial charge in [0.2, 0.25) is 0 Å². The number of likely N-dealkylation sites (N-methyl/N-ethyl adjacent to an activating group) is 1. The minimum Gasteiger partial charge on any atom is -0.457 e. The van der Waals surface area contributed by atoms with E-state index in [2.05, 4.69) is 74.6 Å². The monoisotopic (exact) mass is 921 g/mol. The van der Waals surface area contributed by atoms with Crippen LogP contribution in [0.2, 0.25) is 0 Å². The molecular weight excluding hydrogens is 818 g/mol. The molecule has 374 valence electrons. The van der Waals surface area contributed by atoms with Crippen molar-refractivity contribution in [1.82, 2.24) is 0 Å². The summed E-state index contributed by atoms with van der Waals surface area (Å²) in [6.07, 6.45) is 61.2. The van der Waals surface area contributed by atoms with Crippen LogP contribution in [0, 0.1) is 0 Å². The Morgan fingerprint density at radius 3 is 1.38 bits per heavy atom. The van der Waals surface area contributed by atoms with Gasteiger partial charge in [-0.15, -0.1) is 0 Å². The van der Waals surface area contributed by atoms with Crippen molar-refractivity contribution in [2.24, 2.45) is 0 Å². The van der Waals surface area contributed by atoms with E-state index in [9.17, 15) is 14.3 Å². The Kier molecular flexibility index (Phi) is 46.3. The average molecular weight is 921 g/mol. The van der Waals surface area contributed by atoms with Crippen LogP contribution in [0.4, 0.5) is 0 Å². The lowest BCUT2D eigenvalue weighted by molar-refractivity contribution is -0.870.